The standard InChI is InChI=1S/C9H13N5O5/c10-4-1-5(13-11)14(9(18)12-4)8-7(17)6(16)3(2-15)19-8/h1,3,6-8,11,15-17H,2H2,(H2,10,12,18)/t3-,6?,7?,8-/m1/s1. The lowest BCUT2D eigenvalue weighted by atomic mass is 10.1. The van der Waals surface area contributed by atoms with E-state index >= 15 is 0 Å². The number of nitrogens with zero attached hydrogens (tertiary/aromatic N) is 3. The highest BCUT2D eigenvalue weighted by molar-refractivity contribution is 5.39. The molecule has 0 bridgehead atoms. The molecule has 1 fully saturated rings. The largest absolute Gasteiger partial charge is 0.394 e. The molecule has 1 aromatic rings. The minimum absolute atomic E-state index is 0.126. The summed E-state index contributed by atoms with van der Waals surface area (Å²) in [4.78, 5) is 15.2. The van der Waals surface area contributed by atoms with Gasteiger partial charge in [-0.05, 0) is 0 Å². The van der Waals surface area contributed by atoms with E-state index in [9.17, 15) is 15.0 Å². The van der Waals surface area contributed by atoms with Gasteiger partial charge in [0.1, 0.15) is 24.1 Å². The van der Waals surface area contributed by atoms with Gasteiger partial charge < -0.3 is 25.8 Å². The number of rotatable bonds is 3. The summed E-state index contributed by atoms with van der Waals surface area (Å²) in [7, 11) is 0. The molecule has 0 aliphatic carbocycles. The Labute approximate surface area is 106 Å². The lowest BCUT2D eigenvalue weighted by Crippen LogP contribution is -2.36. The van der Waals surface area contributed by atoms with Crippen molar-refractivity contribution < 1.29 is 20.1 Å². The summed E-state index contributed by atoms with van der Waals surface area (Å²) in [5.74, 6) is -0.300. The summed E-state index contributed by atoms with van der Waals surface area (Å²) < 4.78 is 5.97. The van der Waals surface area contributed by atoms with Crippen molar-refractivity contribution in [2.45, 2.75) is 24.5 Å². The zero-order valence-corrected chi connectivity index (χ0v) is 9.67. The minimum Gasteiger partial charge on any atom is -0.394 e. The predicted octanol–water partition coefficient (Wildman–Crippen LogP) is -1.90. The van der Waals surface area contributed by atoms with Gasteiger partial charge in [0.25, 0.3) is 0 Å². The average molecular weight is 271 g/mol. The van der Waals surface area contributed by atoms with Gasteiger partial charge >= 0.3 is 5.69 Å². The highest BCUT2D eigenvalue weighted by atomic mass is 16.6. The number of hydrogen-bond donors (Lipinski definition) is 5. The van der Waals surface area contributed by atoms with E-state index in [1.54, 1.807) is 0 Å². The van der Waals surface area contributed by atoms with Gasteiger partial charge in [0.2, 0.25) is 0 Å². The van der Waals surface area contributed by atoms with Gasteiger partial charge in [0.15, 0.2) is 12.0 Å². The van der Waals surface area contributed by atoms with E-state index in [0.717, 1.165) is 10.6 Å². The molecule has 0 radical (unpaired) electrons. The second-order valence-electron chi connectivity index (χ2n) is 4.03. The third-order valence-corrected chi connectivity index (χ3v) is 2.84. The Balaban J connectivity index is 2.48. The highest BCUT2D eigenvalue weighted by Gasteiger charge is 2.44. The Morgan fingerprint density at radius 2 is 2.21 bits per heavy atom. The smallest absolute Gasteiger partial charge is 0.353 e. The van der Waals surface area contributed by atoms with Gasteiger partial charge in [-0.1, -0.05) is 0 Å². The topological polar surface area (TPSA) is 167 Å². The van der Waals surface area contributed by atoms with Gasteiger partial charge in [-0.3, -0.25) is 0 Å². The number of anilines is 1. The quantitative estimate of drug-likeness (QED) is 0.400. The Morgan fingerprint density at radius 3 is 2.74 bits per heavy atom. The van der Waals surface area contributed by atoms with Crippen LogP contribution in [0, 0.1) is 5.53 Å². The molecule has 0 spiro atoms. The van der Waals surface area contributed by atoms with Gasteiger partial charge in [-0.2, -0.15) is 4.98 Å². The Hall–Kier alpha value is -1.88. The lowest BCUT2D eigenvalue weighted by molar-refractivity contribution is -0.0541. The first-order valence-electron chi connectivity index (χ1n) is 5.38. The van der Waals surface area contributed by atoms with Crippen molar-refractivity contribution in [1.82, 2.24) is 9.55 Å². The molecule has 0 amide bonds. The normalized spacial score (nSPS) is 30.5. The van der Waals surface area contributed by atoms with Crippen LogP contribution in [-0.2, 0) is 4.74 Å². The van der Waals surface area contributed by atoms with Gasteiger partial charge in [0.05, 0.1) is 6.61 Å². The molecule has 2 heterocycles. The van der Waals surface area contributed by atoms with Crippen LogP contribution >= 0.6 is 0 Å². The summed E-state index contributed by atoms with van der Waals surface area (Å²) in [6.45, 7) is -0.529. The SMILES string of the molecule is N=Nc1cc(N)nc(=O)n1[C@@H]1O[C@H](CO)C(O)C1O. The van der Waals surface area contributed by atoms with Crippen LogP contribution in [-0.4, -0.2) is 49.8 Å². The van der Waals surface area contributed by atoms with Crippen molar-refractivity contribution in [2.75, 3.05) is 12.3 Å². The fraction of sp³-hybridized carbons (Fsp3) is 0.556. The molecule has 6 N–H and O–H groups in total. The van der Waals surface area contributed by atoms with E-state index in [0.29, 0.717) is 0 Å². The summed E-state index contributed by atoms with van der Waals surface area (Å²) in [5, 5.41) is 31.5. The predicted molar refractivity (Wildman–Crippen MR) is 60.7 cm³/mol. The molecule has 1 aliphatic heterocycles. The summed E-state index contributed by atoms with van der Waals surface area (Å²) in [5.41, 5.74) is 11.5. The Kier molecular flexibility index (Phi) is 3.57. The molecule has 10 heteroatoms. The number of hydrogen-bond acceptors (Lipinski definition) is 9. The molecule has 104 valence electrons. The van der Waals surface area contributed by atoms with Crippen LogP contribution in [0.1, 0.15) is 6.23 Å². The maximum atomic E-state index is 11.7. The fourth-order valence-electron chi connectivity index (χ4n) is 1.92. The zero-order valence-electron chi connectivity index (χ0n) is 9.67. The third-order valence-electron chi connectivity index (χ3n) is 2.84. The Bertz CT molecular complexity index is 546. The fourth-order valence-corrected chi connectivity index (χ4v) is 1.92. The lowest BCUT2D eigenvalue weighted by Gasteiger charge is -2.18. The monoisotopic (exact) mass is 271 g/mol. The van der Waals surface area contributed by atoms with Gasteiger partial charge in [0, 0.05) is 6.07 Å². The number of aliphatic hydroxyl groups excluding tert-OH is 3. The average Bonchev–Trinajstić information content (AvgIpc) is 2.65. The summed E-state index contributed by atoms with van der Waals surface area (Å²) in [6.07, 6.45) is -5.15. The van der Waals surface area contributed by atoms with E-state index in [-0.39, 0.29) is 11.6 Å². The molecule has 2 rings (SSSR count). The van der Waals surface area contributed by atoms with Crippen LogP contribution in [0.5, 0.6) is 0 Å². The van der Waals surface area contributed by atoms with Crippen LogP contribution in [0.15, 0.2) is 16.0 Å². The van der Waals surface area contributed by atoms with E-state index < -0.39 is 36.8 Å². The van der Waals surface area contributed by atoms with Crippen molar-refractivity contribution in [3.8, 4) is 0 Å². The number of nitrogens with two attached hydrogens (primary N) is 1. The minimum atomic E-state index is -1.46. The molecule has 1 aliphatic rings. The van der Waals surface area contributed by atoms with Crippen molar-refractivity contribution >= 4 is 11.6 Å². The van der Waals surface area contributed by atoms with Crippen molar-refractivity contribution in [2.24, 2.45) is 5.11 Å². The molecule has 2 unspecified atom stereocenters. The molecule has 0 aromatic carbocycles. The zero-order chi connectivity index (χ0) is 14.2. The Morgan fingerprint density at radius 1 is 1.53 bits per heavy atom. The van der Waals surface area contributed by atoms with Crippen molar-refractivity contribution in [3.63, 3.8) is 0 Å². The van der Waals surface area contributed by atoms with Crippen LogP contribution in [0.3, 0.4) is 0 Å². The molecule has 10 nitrogen and oxygen atoms in total. The molecular weight excluding hydrogens is 258 g/mol. The van der Waals surface area contributed by atoms with Crippen LogP contribution < -0.4 is 11.4 Å². The number of aromatic nitrogens is 2. The molecule has 1 saturated heterocycles. The highest BCUT2D eigenvalue weighted by Crippen LogP contribution is 2.31. The van der Waals surface area contributed by atoms with Crippen LogP contribution in [0.25, 0.3) is 0 Å². The second kappa shape index (κ2) is 5.01. The van der Waals surface area contributed by atoms with Gasteiger partial charge in [-0.25, -0.2) is 14.9 Å². The number of nitrogen functional groups attached to an aromatic ring is 1. The van der Waals surface area contributed by atoms with Crippen molar-refractivity contribution in [3.05, 3.63) is 16.6 Å². The molecule has 19 heavy (non-hydrogen) atoms. The van der Waals surface area contributed by atoms with Gasteiger partial charge in [-0.15, -0.1) is 5.11 Å². The second-order valence-corrected chi connectivity index (χ2v) is 4.03. The maximum Gasteiger partial charge on any atom is 0.353 e. The first-order chi connectivity index (χ1) is 8.99. The van der Waals surface area contributed by atoms with E-state index in [1.807, 2.05) is 0 Å². The number of ether oxygens (including phenoxy) is 1. The first-order valence-corrected chi connectivity index (χ1v) is 5.38. The maximum absolute atomic E-state index is 11.7. The van der Waals surface area contributed by atoms with Crippen molar-refractivity contribution in [1.29, 1.82) is 5.53 Å². The number of nitrogens with one attached hydrogen (secondary N) is 1. The summed E-state index contributed by atoms with van der Waals surface area (Å²) >= 11 is 0. The van der Waals surface area contributed by atoms with E-state index in [4.69, 9.17) is 21.1 Å². The molecular formula is C9H13N5O5. The number of aliphatic hydroxyl groups is 3. The molecule has 4 atom stereocenters. The summed E-state index contributed by atoms with van der Waals surface area (Å²) in [6, 6.07) is 1.16. The third kappa shape index (κ3) is 2.21. The van der Waals surface area contributed by atoms with Crippen LogP contribution in [0.4, 0.5) is 11.6 Å². The molecule has 1 aromatic heterocycles. The molecule has 0 saturated carbocycles. The van der Waals surface area contributed by atoms with E-state index in [2.05, 4.69) is 10.1 Å². The van der Waals surface area contributed by atoms with Crippen LogP contribution in [0.2, 0.25) is 0 Å². The first kappa shape index (κ1) is 13.5. The van der Waals surface area contributed by atoms with E-state index in [1.165, 1.54) is 0 Å².